The summed E-state index contributed by atoms with van der Waals surface area (Å²) >= 11 is 1.81. The van der Waals surface area contributed by atoms with Gasteiger partial charge in [-0.1, -0.05) is 59.3 Å². The number of aromatic nitrogens is 2. The van der Waals surface area contributed by atoms with E-state index in [2.05, 4.69) is 140 Å². The molecule has 0 unspecified atom stereocenters. The summed E-state index contributed by atoms with van der Waals surface area (Å²) in [6.07, 6.45) is 0. The van der Waals surface area contributed by atoms with Crippen LogP contribution in [-0.4, -0.2) is 16.8 Å². The zero-order valence-electron chi connectivity index (χ0n) is 23.1. The molecule has 0 fully saturated rings. The van der Waals surface area contributed by atoms with Crippen LogP contribution in [0, 0.1) is 14.9 Å². The van der Waals surface area contributed by atoms with E-state index in [4.69, 9.17) is 0 Å². The summed E-state index contributed by atoms with van der Waals surface area (Å²) in [4.78, 5) is 0. The van der Waals surface area contributed by atoms with Crippen molar-refractivity contribution in [3.63, 3.8) is 0 Å². The molecule has 0 N–H and O–H groups in total. The second-order valence-corrected chi connectivity index (χ2v) is 9.14. The van der Waals surface area contributed by atoms with E-state index in [1.807, 2.05) is 0 Å². The molecule has 0 saturated carbocycles. The van der Waals surface area contributed by atoms with E-state index in [1.165, 1.54) is 65.2 Å². The van der Waals surface area contributed by atoms with E-state index < -0.39 is 0 Å². The molecule has 2 heterocycles. The molecule has 2 aromatic heterocycles. The topological polar surface area (TPSA) is 9.86 Å². The van der Waals surface area contributed by atoms with Gasteiger partial charge in [0, 0.05) is 25.1 Å². The normalized spacial score (nSPS) is 10.1. The number of benzene rings is 4. The molecule has 40 heavy (non-hydrogen) atoms. The van der Waals surface area contributed by atoms with Crippen molar-refractivity contribution in [2.75, 3.05) is 0 Å². The molecule has 0 atom stereocenters. The van der Waals surface area contributed by atoms with E-state index in [0.29, 0.717) is 0 Å². The van der Waals surface area contributed by atoms with Gasteiger partial charge in [0.05, 0.1) is 0 Å². The van der Waals surface area contributed by atoms with Crippen LogP contribution in [-0.2, 0) is 33.3 Å². The van der Waals surface area contributed by atoms with Gasteiger partial charge in [0.25, 0.3) is 0 Å². The molecule has 2 radical (unpaired) electrons. The van der Waals surface area contributed by atoms with Crippen LogP contribution < -0.4 is 0 Å². The Hall–Kier alpha value is -2.79. The second kappa shape index (κ2) is 13.7. The molecule has 0 spiro atoms. The average molecular weight is 616 g/mol. The van der Waals surface area contributed by atoms with Gasteiger partial charge >= 0.3 is 26.8 Å². The summed E-state index contributed by atoms with van der Waals surface area (Å²) < 4.78 is 4.56. The molecule has 2 nitrogen and oxygen atoms in total. The van der Waals surface area contributed by atoms with Crippen molar-refractivity contribution < 1.29 is 19.2 Å². The molecule has 6 aromatic carbocycles. The van der Waals surface area contributed by atoms with Gasteiger partial charge in [-0.2, -0.15) is 0 Å². The summed E-state index contributed by atoms with van der Waals surface area (Å²) in [5.74, 6) is 0. The van der Waals surface area contributed by atoms with Crippen LogP contribution in [0.5, 0.6) is 0 Å². The van der Waals surface area contributed by atoms with Crippen LogP contribution >= 0.6 is 24.8 Å². The van der Waals surface area contributed by atoms with Gasteiger partial charge in [0.15, 0.2) is 0 Å². The first-order valence-corrected chi connectivity index (χ1v) is 14.8. The molecule has 0 saturated heterocycles. The summed E-state index contributed by atoms with van der Waals surface area (Å²) in [6, 6.07) is 39.0. The Balaban J connectivity index is 0.000000241. The van der Waals surface area contributed by atoms with Gasteiger partial charge in [-0.15, -0.1) is 94.9 Å². The van der Waals surface area contributed by atoms with Crippen molar-refractivity contribution in [2.24, 2.45) is 14.1 Å². The van der Waals surface area contributed by atoms with Gasteiger partial charge in [-0.3, -0.25) is 0 Å². The molecule has 0 aliphatic heterocycles. The molecular weight excluding hydrogens is 583 g/mol. The van der Waals surface area contributed by atoms with E-state index in [0.717, 1.165) is 0 Å². The van der Waals surface area contributed by atoms with Crippen molar-refractivity contribution in [1.82, 2.24) is 9.13 Å². The molecule has 6 heteroatoms. The standard InChI is InChI=1S/2C16H12N.2CH3.2ClH.Si.Ti/c2*1-17-14-9-5-4-8-13(14)16-12-7-3-2-6-11(12)10-15(16)17;;;;;;/h2*2-10H,1H3;2*1H3;2*1H;;/q4*-1;;;;. The molecule has 204 valence electrons. The van der Waals surface area contributed by atoms with Gasteiger partial charge in [-0.05, 0) is 33.9 Å². The minimum atomic E-state index is 0. The molecule has 0 aliphatic rings. The van der Waals surface area contributed by atoms with Crippen molar-refractivity contribution >= 4 is 97.6 Å². The van der Waals surface area contributed by atoms with E-state index >= 15 is 0 Å². The zero-order valence-corrected chi connectivity index (χ0v) is 27.3. The minimum absolute atomic E-state index is 0. The maximum absolute atomic E-state index is 2.97. The number of halogens is 2. The Bertz CT molecular complexity index is 1880. The number of hydrogen-bond donors (Lipinski definition) is 0. The van der Waals surface area contributed by atoms with E-state index in [9.17, 15) is 0 Å². The number of nitrogens with zero attached hydrogens (tertiary/aromatic N) is 2. The number of hydrogen-bond acceptors (Lipinski definition) is 0. The van der Waals surface area contributed by atoms with Gasteiger partial charge < -0.3 is 24.0 Å². The van der Waals surface area contributed by atoms with Gasteiger partial charge in [0.1, 0.15) is 0 Å². The second-order valence-electron chi connectivity index (χ2n) is 9.14. The number of aryl methyl sites for hydroxylation is 2. The van der Waals surface area contributed by atoms with Crippen molar-refractivity contribution in [1.29, 1.82) is 0 Å². The van der Waals surface area contributed by atoms with Gasteiger partial charge in [-0.25, -0.2) is 0 Å². The third-order valence-electron chi connectivity index (χ3n) is 7.35. The SMILES string of the molecule is Cl.Cl.Cn1c2ccccc2c2c3ccccc3[cH-]c21.Cn1c2ccccc2c2c3ccccc3[cH-]c21.[CH3-].[CH3-].[Si]=[Ti]. The predicted octanol–water partition coefficient (Wildman–Crippen LogP) is 9.77. The van der Waals surface area contributed by atoms with Gasteiger partial charge in [0.2, 0.25) is 0 Å². The third kappa shape index (κ3) is 5.18. The predicted molar refractivity (Wildman–Crippen MR) is 180 cm³/mol. The quantitative estimate of drug-likeness (QED) is 0.119. The fourth-order valence-corrected chi connectivity index (χ4v) is 5.73. The molecule has 8 rings (SSSR count). The summed E-state index contributed by atoms with van der Waals surface area (Å²) in [7, 11) is 7.26. The van der Waals surface area contributed by atoms with Crippen LogP contribution in [0.4, 0.5) is 0 Å². The van der Waals surface area contributed by atoms with Crippen LogP contribution in [0.3, 0.4) is 0 Å². The maximum atomic E-state index is 2.97. The van der Waals surface area contributed by atoms with Crippen LogP contribution in [0.1, 0.15) is 0 Å². The first kappa shape index (κ1) is 33.4. The number of rotatable bonds is 0. The monoisotopic (exact) mass is 614 g/mol. The first-order valence-electron chi connectivity index (χ1n) is 12.0. The Labute approximate surface area is 262 Å². The molecular formula is C34H32Cl2N2SiTi-4. The number of para-hydroxylation sites is 2. The van der Waals surface area contributed by atoms with Crippen molar-refractivity contribution in [3.8, 4) is 0 Å². The van der Waals surface area contributed by atoms with Crippen molar-refractivity contribution in [3.05, 3.63) is 124 Å². The zero-order chi connectivity index (χ0) is 24.8. The molecule has 0 aliphatic carbocycles. The fraction of sp³-hybridized carbons (Fsp3) is 0.0588. The number of fused-ring (bicyclic) bond motifs is 10. The van der Waals surface area contributed by atoms with Crippen LogP contribution in [0.2, 0.25) is 0 Å². The first-order chi connectivity index (χ1) is 17.7. The average Bonchev–Trinajstić information content (AvgIpc) is 3.66. The summed E-state index contributed by atoms with van der Waals surface area (Å²) in [5.41, 5.74) is 5.27. The molecule has 0 amide bonds. The van der Waals surface area contributed by atoms with Crippen LogP contribution in [0.15, 0.2) is 109 Å². The Morgan fingerprint density at radius 1 is 0.500 bits per heavy atom. The Morgan fingerprint density at radius 2 is 0.800 bits per heavy atom. The Kier molecular flexibility index (Phi) is 11.5. The summed E-state index contributed by atoms with van der Waals surface area (Å²) in [5, 5.41) is 10.9. The summed E-state index contributed by atoms with van der Waals surface area (Å²) in [6.45, 7) is 0. The molecule has 0 bridgehead atoms. The van der Waals surface area contributed by atoms with E-state index in [1.54, 1.807) is 19.2 Å². The van der Waals surface area contributed by atoms with Crippen molar-refractivity contribution in [2.45, 2.75) is 0 Å². The molecule has 8 aromatic rings. The van der Waals surface area contributed by atoms with Crippen LogP contribution in [0.25, 0.3) is 65.2 Å². The Morgan fingerprint density at radius 3 is 1.18 bits per heavy atom. The fourth-order valence-electron chi connectivity index (χ4n) is 5.73. The third-order valence-corrected chi connectivity index (χ3v) is 7.35. The van der Waals surface area contributed by atoms with E-state index in [-0.39, 0.29) is 39.7 Å².